The van der Waals surface area contributed by atoms with Gasteiger partial charge in [0, 0.05) is 24.1 Å². The Bertz CT molecular complexity index is 1030. The van der Waals surface area contributed by atoms with Crippen molar-refractivity contribution in [3.63, 3.8) is 0 Å². The van der Waals surface area contributed by atoms with E-state index in [0.29, 0.717) is 42.1 Å². The molecule has 2 N–H and O–H groups in total. The highest BCUT2D eigenvalue weighted by Gasteiger charge is 2.29. The van der Waals surface area contributed by atoms with Gasteiger partial charge in [-0.25, -0.2) is 4.98 Å². The van der Waals surface area contributed by atoms with E-state index in [2.05, 4.69) is 31.5 Å². The minimum Gasteiger partial charge on any atom is -0.497 e. The average Bonchev–Trinajstić information content (AvgIpc) is 3.49. The second-order valence-corrected chi connectivity index (χ2v) is 7.74. The van der Waals surface area contributed by atoms with Gasteiger partial charge in [0.15, 0.2) is 5.82 Å². The predicted octanol–water partition coefficient (Wildman–Crippen LogP) is 3.20. The van der Waals surface area contributed by atoms with Crippen LogP contribution >= 0.6 is 0 Å². The van der Waals surface area contributed by atoms with Crippen LogP contribution in [-0.2, 0) is 6.42 Å². The summed E-state index contributed by atoms with van der Waals surface area (Å²) in [6.45, 7) is 0.541. The number of carbonyl (C=O) groups excluding carboxylic acids is 1. The fourth-order valence-corrected chi connectivity index (χ4v) is 4.27. The SMILES string of the molecule is COc1cccc(C2CNC(=O)c3nc(-c4noc(C5CCCC5)n4)[nH]c3C2)c1. The molecule has 8 heteroatoms. The number of aromatic nitrogens is 4. The highest BCUT2D eigenvalue weighted by molar-refractivity contribution is 5.94. The topological polar surface area (TPSA) is 106 Å². The van der Waals surface area contributed by atoms with E-state index in [1.807, 2.05) is 18.2 Å². The third-order valence-corrected chi connectivity index (χ3v) is 5.88. The van der Waals surface area contributed by atoms with Crippen LogP contribution in [0.1, 0.15) is 65.2 Å². The van der Waals surface area contributed by atoms with E-state index in [-0.39, 0.29) is 11.8 Å². The van der Waals surface area contributed by atoms with Crippen LogP contribution in [0.4, 0.5) is 0 Å². The molecule has 29 heavy (non-hydrogen) atoms. The summed E-state index contributed by atoms with van der Waals surface area (Å²) in [5.41, 5.74) is 2.30. The van der Waals surface area contributed by atoms with E-state index in [1.54, 1.807) is 7.11 Å². The first-order valence-corrected chi connectivity index (χ1v) is 10.1. The smallest absolute Gasteiger partial charge is 0.271 e. The molecule has 8 nitrogen and oxygen atoms in total. The number of fused-ring (bicyclic) bond motifs is 1. The van der Waals surface area contributed by atoms with Crippen molar-refractivity contribution in [1.29, 1.82) is 0 Å². The maximum atomic E-state index is 12.6. The second-order valence-electron chi connectivity index (χ2n) is 7.74. The van der Waals surface area contributed by atoms with Crippen molar-refractivity contribution < 1.29 is 14.1 Å². The van der Waals surface area contributed by atoms with Crippen LogP contribution in [0.3, 0.4) is 0 Å². The average molecular weight is 393 g/mol. The predicted molar refractivity (Wildman–Crippen MR) is 105 cm³/mol. The Hall–Kier alpha value is -3.16. The lowest BCUT2D eigenvalue weighted by Gasteiger charge is -2.15. The molecule has 0 radical (unpaired) electrons. The van der Waals surface area contributed by atoms with Gasteiger partial charge in [-0.05, 0) is 37.0 Å². The molecule has 3 heterocycles. The van der Waals surface area contributed by atoms with E-state index >= 15 is 0 Å². The molecular weight excluding hydrogens is 370 g/mol. The highest BCUT2D eigenvalue weighted by Crippen LogP contribution is 2.34. The zero-order valence-electron chi connectivity index (χ0n) is 16.3. The summed E-state index contributed by atoms with van der Waals surface area (Å²) in [6, 6.07) is 7.93. The number of hydrogen-bond acceptors (Lipinski definition) is 6. The molecule has 1 aromatic carbocycles. The van der Waals surface area contributed by atoms with E-state index in [9.17, 15) is 4.79 Å². The normalized spacial score (nSPS) is 19.6. The van der Waals surface area contributed by atoms with Crippen LogP contribution in [0.5, 0.6) is 5.75 Å². The van der Waals surface area contributed by atoms with Gasteiger partial charge < -0.3 is 19.6 Å². The largest absolute Gasteiger partial charge is 0.497 e. The minimum atomic E-state index is -0.188. The number of ether oxygens (including phenoxy) is 1. The van der Waals surface area contributed by atoms with Crippen molar-refractivity contribution >= 4 is 5.91 Å². The monoisotopic (exact) mass is 393 g/mol. The van der Waals surface area contributed by atoms with Crippen LogP contribution in [-0.4, -0.2) is 39.7 Å². The summed E-state index contributed by atoms with van der Waals surface area (Å²) in [5.74, 6) is 2.62. The molecule has 0 spiro atoms. The number of methoxy groups -OCH3 is 1. The van der Waals surface area contributed by atoms with Crippen LogP contribution in [0.25, 0.3) is 11.6 Å². The number of imidazole rings is 1. The summed E-state index contributed by atoms with van der Waals surface area (Å²) in [5, 5.41) is 7.07. The van der Waals surface area contributed by atoms with Gasteiger partial charge in [0.05, 0.1) is 7.11 Å². The van der Waals surface area contributed by atoms with Gasteiger partial charge >= 0.3 is 0 Å². The number of carbonyl (C=O) groups is 1. The van der Waals surface area contributed by atoms with Gasteiger partial charge in [0.2, 0.25) is 11.7 Å². The Balaban J connectivity index is 1.43. The Labute approximate surface area is 168 Å². The molecule has 150 valence electrons. The van der Waals surface area contributed by atoms with E-state index in [1.165, 1.54) is 12.8 Å². The van der Waals surface area contributed by atoms with Crippen LogP contribution in [0.2, 0.25) is 0 Å². The number of aromatic amines is 1. The lowest BCUT2D eigenvalue weighted by Crippen LogP contribution is -2.26. The van der Waals surface area contributed by atoms with E-state index in [0.717, 1.165) is 29.8 Å². The molecule has 1 atom stereocenters. The molecule has 1 fully saturated rings. The number of hydrogen-bond donors (Lipinski definition) is 2. The fourth-order valence-electron chi connectivity index (χ4n) is 4.27. The zero-order chi connectivity index (χ0) is 19.8. The number of nitrogens with zero attached hydrogens (tertiary/aromatic N) is 3. The molecule has 1 aliphatic heterocycles. The number of amides is 1. The molecule has 3 aromatic rings. The number of H-pyrrole nitrogens is 1. The quantitative estimate of drug-likeness (QED) is 0.705. The van der Waals surface area contributed by atoms with Crippen molar-refractivity contribution in [2.75, 3.05) is 13.7 Å². The van der Waals surface area contributed by atoms with Crippen LogP contribution < -0.4 is 10.1 Å². The van der Waals surface area contributed by atoms with Crippen molar-refractivity contribution in [3.8, 4) is 17.4 Å². The van der Waals surface area contributed by atoms with E-state index < -0.39 is 0 Å². The van der Waals surface area contributed by atoms with Crippen molar-refractivity contribution in [1.82, 2.24) is 25.4 Å². The third-order valence-electron chi connectivity index (χ3n) is 5.88. The Kier molecular flexibility index (Phi) is 4.54. The number of nitrogens with one attached hydrogen (secondary N) is 2. The summed E-state index contributed by atoms with van der Waals surface area (Å²) in [4.78, 5) is 24.9. The standard InChI is InChI=1S/C21H23N5O3/c1-28-15-8-4-7-13(9-15)14-10-16-17(20(27)22-11-14)24-18(23-16)19-25-21(29-26-19)12-5-2-3-6-12/h4,7-9,12,14H,2-3,5-6,10-11H2,1H3,(H,22,27)(H,23,24). The van der Waals surface area contributed by atoms with Crippen molar-refractivity contribution in [2.24, 2.45) is 0 Å². The second kappa shape index (κ2) is 7.35. The molecule has 5 rings (SSSR count). The molecule has 0 saturated heterocycles. The van der Waals surface area contributed by atoms with E-state index in [4.69, 9.17) is 9.26 Å². The number of rotatable bonds is 4. The molecule has 0 bridgehead atoms. The molecule has 1 amide bonds. The van der Waals surface area contributed by atoms with Gasteiger partial charge in [-0.1, -0.05) is 30.1 Å². The zero-order valence-corrected chi connectivity index (χ0v) is 16.3. The Morgan fingerprint density at radius 1 is 1.17 bits per heavy atom. The summed E-state index contributed by atoms with van der Waals surface area (Å²) in [7, 11) is 1.65. The lowest BCUT2D eigenvalue weighted by atomic mass is 9.94. The number of benzene rings is 1. The first kappa shape index (κ1) is 17.9. The molecule has 1 saturated carbocycles. The maximum Gasteiger partial charge on any atom is 0.271 e. The van der Waals surface area contributed by atoms with Gasteiger partial charge in [0.25, 0.3) is 5.91 Å². The van der Waals surface area contributed by atoms with Crippen molar-refractivity contribution in [3.05, 3.63) is 47.1 Å². The summed E-state index contributed by atoms with van der Waals surface area (Å²) < 4.78 is 10.8. The summed E-state index contributed by atoms with van der Waals surface area (Å²) in [6.07, 6.45) is 5.22. The van der Waals surface area contributed by atoms with Crippen LogP contribution in [0, 0.1) is 0 Å². The van der Waals surface area contributed by atoms with Gasteiger partial charge in [-0.2, -0.15) is 4.98 Å². The maximum absolute atomic E-state index is 12.6. The molecular formula is C21H23N5O3. The Morgan fingerprint density at radius 2 is 2.03 bits per heavy atom. The molecule has 1 aliphatic carbocycles. The first-order valence-electron chi connectivity index (χ1n) is 10.1. The molecule has 2 aliphatic rings. The third kappa shape index (κ3) is 3.39. The van der Waals surface area contributed by atoms with Crippen molar-refractivity contribution in [2.45, 2.75) is 43.9 Å². The summed E-state index contributed by atoms with van der Waals surface area (Å²) >= 11 is 0. The van der Waals surface area contributed by atoms with Gasteiger partial charge in [0.1, 0.15) is 11.4 Å². The molecule has 1 unspecified atom stereocenters. The fraction of sp³-hybridized carbons (Fsp3) is 0.429. The van der Waals surface area contributed by atoms with Crippen LogP contribution in [0.15, 0.2) is 28.8 Å². The molecule has 2 aromatic heterocycles. The highest BCUT2D eigenvalue weighted by atomic mass is 16.5. The Morgan fingerprint density at radius 3 is 2.86 bits per heavy atom. The van der Waals surface area contributed by atoms with Gasteiger partial charge in [-0.15, -0.1) is 0 Å². The first-order chi connectivity index (χ1) is 14.2. The van der Waals surface area contributed by atoms with Gasteiger partial charge in [-0.3, -0.25) is 4.79 Å². The minimum absolute atomic E-state index is 0.114. The lowest BCUT2D eigenvalue weighted by molar-refractivity contribution is 0.0950.